The van der Waals surface area contributed by atoms with Gasteiger partial charge in [-0.05, 0) is 53.7 Å². The van der Waals surface area contributed by atoms with E-state index in [1.54, 1.807) is 0 Å². The van der Waals surface area contributed by atoms with E-state index in [2.05, 4.69) is 40.0 Å². The molecule has 2 atom stereocenters. The molecule has 108 valence electrons. The predicted octanol–water partition coefficient (Wildman–Crippen LogP) is 1.98. The summed E-state index contributed by atoms with van der Waals surface area (Å²) in [5.41, 5.74) is 7.15. The molecule has 3 rings (SSSR count). The van der Waals surface area contributed by atoms with Crippen molar-refractivity contribution in [3.63, 3.8) is 0 Å². The van der Waals surface area contributed by atoms with Crippen molar-refractivity contribution in [3.8, 4) is 0 Å². The number of amides is 1. The van der Waals surface area contributed by atoms with E-state index in [4.69, 9.17) is 5.73 Å². The molecule has 2 aliphatic heterocycles. The molecule has 0 bridgehead atoms. The lowest BCUT2D eigenvalue weighted by molar-refractivity contribution is 0.1000. The summed E-state index contributed by atoms with van der Waals surface area (Å²) in [7, 11) is 0. The van der Waals surface area contributed by atoms with Crippen molar-refractivity contribution in [1.29, 1.82) is 0 Å². The minimum Gasteiger partial charge on any atom is -0.365 e. The second-order valence-corrected chi connectivity index (χ2v) is 7.14. The summed E-state index contributed by atoms with van der Waals surface area (Å²) in [5, 5.41) is 3.47. The largest absolute Gasteiger partial charge is 0.365 e. The first-order chi connectivity index (χ1) is 9.43. The van der Waals surface area contributed by atoms with Gasteiger partial charge in [-0.2, -0.15) is 0 Å². The van der Waals surface area contributed by atoms with Gasteiger partial charge in [0.15, 0.2) is 0 Å². The third-order valence-corrected chi connectivity index (χ3v) is 5.55. The summed E-state index contributed by atoms with van der Waals surface area (Å²) in [6, 6.07) is 5.84. The zero-order valence-electron chi connectivity index (χ0n) is 11.8. The molecule has 4 nitrogen and oxygen atoms in total. The Morgan fingerprint density at radius 3 is 2.85 bits per heavy atom. The number of hydrogen-bond acceptors (Lipinski definition) is 3. The number of anilines is 1. The van der Waals surface area contributed by atoms with Crippen molar-refractivity contribution < 1.29 is 4.79 Å². The average Bonchev–Trinajstić information content (AvgIpc) is 2.91. The highest BCUT2D eigenvalue weighted by Gasteiger charge is 2.50. The summed E-state index contributed by atoms with van der Waals surface area (Å²) in [4.78, 5) is 14.2. The zero-order chi connectivity index (χ0) is 14.5. The average molecular weight is 338 g/mol. The Morgan fingerprint density at radius 1 is 1.45 bits per heavy atom. The maximum absolute atomic E-state index is 11.8. The van der Waals surface area contributed by atoms with Crippen LogP contribution in [0.5, 0.6) is 0 Å². The number of fused-ring (bicyclic) bond motifs is 1. The first kappa shape index (κ1) is 13.9. The summed E-state index contributed by atoms with van der Waals surface area (Å²) >= 11 is 3.45. The molecule has 0 radical (unpaired) electrons. The lowest BCUT2D eigenvalue weighted by Gasteiger charge is -2.38. The van der Waals surface area contributed by atoms with Gasteiger partial charge in [-0.1, -0.05) is 6.07 Å². The van der Waals surface area contributed by atoms with Gasteiger partial charge in [-0.15, -0.1) is 0 Å². The van der Waals surface area contributed by atoms with Gasteiger partial charge in [0, 0.05) is 29.6 Å². The van der Waals surface area contributed by atoms with E-state index < -0.39 is 0 Å². The molecule has 0 aromatic heterocycles. The van der Waals surface area contributed by atoms with E-state index in [9.17, 15) is 4.79 Å². The SMILES string of the molecule is CC1(C)C2CNCC2CN1c1cccc(Br)c1C(N)=O. The van der Waals surface area contributed by atoms with Crippen molar-refractivity contribution in [2.24, 2.45) is 17.6 Å². The number of hydrogen-bond donors (Lipinski definition) is 2. The van der Waals surface area contributed by atoms with Crippen molar-refractivity contribution in [2.45, 2.75) is 19.4 Å². The number of primary amides is 1. The number of benzene rings is 1. The lowest BCUT2D eigenvalue weighted by Crippen LogP contribution is -2.45. The van der Waals surface area contributed by atoms with Gasteiger partial charge < -0.3 is 16.0 Å². The van der Waals surface area contributed by atoms with Crippen LogP contribution in [0.1, 0.15) is 24.2 Å². The van der Waals surface area contributed by atoms with Gasteiger partial charge >= 0.3 is 0 Å². The van der Waals surface area contributed by atoms with E-state index >= 15 is 0 Å². The minimum atomic E-state index is -0.376. The molecule has 0 saturated carbocycles. The van der Waals surface area contributed by atoms with Crippen molar-refractivity contribution in [3.05, 3.63) is 28.2 Å². The van der Waals surface area contributed by atoms with Crippen molar-refractivity contribution in [2.75, 3.05) is 24.5 Å². The lowest BCUT2D eigenvalue weighted by atomic mass is 9.84. The molecular weight excluding hydrogens is 318 g/mol. The van der Waals surface area contributed by atoms with Crippen LogP contribution in [0.3, 0.4) is 0 Å². The summed E-state index contributed by atoms with van der Waals surface area (Å²) in [5.74, 6) is 0.880. The first-order valence-electron chi connectivity index (χ1n) is 6.99. The molecule has 1 aromatic rings. The molecular formula is C15H20BrN3O. The predicted molar refractivity (Wildman–Crippen MR) is 83.9 cm³/mol. The molecule has 5 heteroatoms. The van der Waals surface area contributed by atoms with Crippen LogP contribution in [-0.2, 0) is 0 Å². The maximum Gasteiger partial charge on any atom is 0.251 e. The molecule has 20 heavy (non-hydrogen) atoms. The smallest absolute Gasteiger partial charge is 0.251 e. The van der Waals surface area contributed by atoms with Crippen LogP contribution in [0.2, 0.25) is 0 Å². The number of nitrogens with one attached hydrogen (secondary N) is 1. The highest BCUT2D eigenvalue weighted by atomic mass is 79.9. The topological polar surface area (TPSA) is 58.4 Å². The van der Waals surface area contributed by atoms with E-state index in [0.717, 1.165) is 29.8 Å². The molecule has 2 aliphatic rings. The minimum absolute atomic E-state index is 0.0269. The highest BCUT2D eigenvalue weighted by molar-refractivity contribution is 9.10. The fourth-order valence-electron chi connectivity index (χ4n) is 3.81. The normalized spacial score (nSPS) is 27.6. The van der Waals surface area contributed by atoms with Gasteiger partial charge in [0.25, 0.3) is 5.91 Å². The Labute approximate surface area is 127 Å². The van der Waals surface area contributed by atoms with Crippen LogP contribution < -0.4 is 16.0 Å². The monoisotopic (exact) mass is 337 g/mol. The van der Waals surface area contributed by atoms with Gasteiger partial charge in [0.1, 0.15) is 0 Å². The van der Waals surface area contributed by atoms with Gasteiger partial charge in [0.2, 0.25) is 0 Å². The fraction of sp³-hybridized carbons (Fsp3) is 0.533. The standard InChI is InChI=1S/C15H20BrN3O/c1-15(2)10-7-18-6-9(10)8-19(15)12-5-3-4-11(16)13(12)14(17)20/h3-5,9-10,18H,6-8H2,1-2H3,(H2,17,20). The van der Waals surface area contributed by atoms with E-state index in [0.29, 0.717) is 17.4 Å². The number of halogens is 1. The quantitative estimate of drug-likeness (QED) is 0.867. The van der Waals surface area contributed by atoms with E-state index in [1.165, 1.54) is 0 Å². The van der Waals surface area contributed by atoms with E-state index in [1.807, 2.05) is 18.2 Å². The van der Waals surface area contributed by atoms with Gasteiger partial charge in [0.05, 0.1) is 11.3 Å². The molecule has 0 spiro atoms. The number of nitrogens with zero attached hydrogens (tertiary/aromatic N) is 1. The Balaban J connectivity index is 2.06. The van der Waals surface area contributed by atoms with Crippen LogP contribution in [-0.4, -0.2) is 31.1 Å². The second kappa shape index (κ2) is 4.74. The Hall–Kier alpha value is -1.07. The van der Waals surface area contributed by atoms with Crippen LogP contribution >= 0.6 is 15.9 Å². The number of carbonyl (C=O) groups is 1. The van der Waals surface area contributed by atoms with E-state index in [-0.39, 0.29) is 11.4 Å². The first-order valence-corrected chi connectivity index (χ1v) is 7.79. The third kappa shape index (κ3) is 1.95. The summed E-state index contributed by atoms with van der Waals surface area (Å²) in [6.07, 6.45) is 0. The molecule has 1 amide bonds. The van der Waals surface area contributed by atoms with Crippen LogP contribution in [0, 0.1) is 11.8 Å². The molecule has 2 heterocycles. The van der Waals surface area contributed by atoms with Gasteiger partial charge in [-0.3, -0.25) is 4.79 Å². The molecule has 2 fully saturated rings. The van der Waals surface area contributed by atoms with Crippen molar-refractivity contribution in [1.82, 2.24) is 5.32 Å². The Bertz CT molecular complexity index is 558. The molecule has 3 N–H and O–H groups in total. The van der Waals surface area contributed by atoms with Crippen LogP contribution in [0.4, 0.5) is 5.69 Å². The summed E-state index contributed by atoms with van der Waals surface area (Å²) < 4.78 is 0.772. The second-order valence-electron chi connectivity index (χ2n) is 6.29. The van der Waals surface area contributed by atoms with Crippen molar-refractivity contribution >= 4 is 27.5 Å². The molecule has 2 unspecified atom stereocenters. The highest BCUT2D eigenvalue weighted by Crippen LogP contribution is 2.44. The number of nitrogens with two attached hydrogens (primary N) is 1. The molecule has 2 saturated heterocycles. The third-order valence-electron chi connectivity index (χ3n) is 4.89. The number of rotatable bonds is 2. The zero-order valence-corrected chi connectivity index (χ0v) is 13.4. The van der Waals surface area contributed by atoms with Crippen LogP contribution in [0.25, 0.3) is 0 Å². The fourth-order valence-corrected chi connectivity index (χ4v) is 4.36. The van der Waals surface area contributed by atoms with Crippen LogP contribution in [0.15, 0.2) is 22.7 Å². The Kier molecular flexibility index (Phi) is 3.29. The van der Waals surface area contributed by atoms with Gasteiger partial charge in [-0.25, -0.2) is 0 Å². The summed E-state index contributed by atoms with van der Waals surface area (Å²) in [6.45, 7) is 7.60. The molecule has 1 aromatic carbocycles. The Morgan fingerprint density at radius 2 is 2.20 bits per heavy atom. The number of carbonyl (C=O) groups excluding carboxylic acids is 1. The maximum atomic E-state index is 11.8. The molecule has 0 aliphatic carbocycles.